The van der Waals surface area contributed by atoms with Crippen LogP contribution < -0.4 is 14.2 Å². The first-order valence-electron chi connectivity index (χ1n) is 10.5. The molecule has 36 heavy (non-hydrogen) atoms. The maximum Gasteiger partial charge on any atom is 0.425 e. The second kappa shape index (κ2) is 9.37. The first kappa shape index (κ1) is 24.8. The van der Waals surface area contributed by atoms with Gasteiger partial charge in [-0.05, 0) is 19.1 Å². The quantitative estimate of drug-likeness (QED) is 0.470. The average Bonchev–Trinajstić information content (AvgIpc) is 3.43. The van der Waals surface area contributed by atoms with Crippen LogP contribution in [-0.4, -0.2) is 52.1 Å². The van der Waals surface area contributed by atoms with E-state index in [-0.39, 0.29) is 47.3 Å². The van der Waals surface area contributed by atoms with Crippen LogP contribution >= 0.6 is 0 Å². The van der Waals surface area contributed by atoms with Gasteiger partial charge in [0.05, 0.1) is 50.1 Å². The molecule has 13 heteroatoms. The van der Waals surface area contributed by atoms with Gasteiger partial charge in [-0.3, -0.25) is 4.79 Å². The molecular formula is C23H19F4N5O4. The smallest absolute Gasteiger partial charge is 0.425 e. The van der Waals surface area contributed by atoms with Crippen LogP contribution in [0.25, 0.3) is 5.69 Å². The van der Waals surface area contributed by atoms with Crippen molar-refractivity contribution in [1.82, 2.24) is 19.7 Å². The fraction of sp³-hybridized carbons (Fsp3) is 0.304. The van der Waals surface area contributed by atoms with Crippen molar-refractivity contribution in [2.24, 2.45) is 0 Å². The summed E-state index contributed by atoms with van der Waals surface area (Å²) in [6.07, 6.45) is -4.06. The molecule has 0 saturated heterocycles. The van der Waals surface area contributed by atoms with Gasteiger partial charge < -0.3 is 19.1 Å². The number of benzene rings is 1. The number of hydrogen-bond donors (Lipinski definition) is 0. The third kappa shape index (κ3) is 4.37. The minimum Gasteiger partial charge on any atom is -0.494 e. The Morgan fingerprint density at radius 3 is 2.56 bits per heavy atom. The molecule has 0 bridgehead atoms. The molecule has 3 heterocycles. The van der Waals surface area contributed by atoms with E-state index in [9.17, 15) is 27.6 Å². The Hall–Kier alpha value is -4.34. The summed E-state index contributed by atoms with van der Waals surface area (Å²) in [5.41, 5.74) is 1.12. The van der Waals surface area contributed by atoms with Gasteiger partial charge in [0.25, 0.3) is 5.91 Å². The fourth-order valence-corrected chi connectivity index (χ4v) is 3.78. The Kier molecular flexibility index (Phi) is 6.45. The molecule has 4 rings (SSSR count). The molecule has 1 atom stereocenters. The number of aromatic nitrogens is 3. The lowest BCUT2D eigenvalue weighted by Crippen LogP contribution is -2.33. The SMILES string of the molecule is COc1ncc(-n2ncc3c2CN(C(=O)c2c(O[C@@H](C)C(F)(F)F)ccc(C#N)c2OC)C3)cc1F. The number of rotatable bonds is 6. The van der Waals surface area contributed by atoms with E-state index in [1.807, 2.05) is 6.07 Å². The molecule has 1 aliphatic rings. The second-order valence-electron chi connectivity index (χ2n) is 7.81. The van der Waals surface area contributed by atoms with Crippen LogP contribution in [-0.2, 0) is 13.1 Å². The Bertz CT molecular complexity index is 1370. The van der Waals surface area contributed by atoms with Gasteiger partial charge in [-0.15, -0.1) is 0 Å². The number of hydrogen-bond acceptors (Lipinski definition) is 7. The zero-order chi connectivity index (χ0) is 26.2. The summed E-state index contributed by atoms with van der Waals surface area (Å²) in [4.78, 5) is 18.8. The molecule has 0 unspecified atom stereocenters. The largest absolute Gasteiger partial charge is 0.494 e. The number of nitrogens with zero attached hydrogens (tertiary/aromatic N) is 5. The van der Waals surface area contributed by atoms with Crippen LogP contribution in [0.5, 0.6) is 17.4 Å². The molecule has 9 nitrogen and oxygen atoms in total. The highest BCUT2D eigenvalue weighted by molar-refractivity contribution is 6.00. The van der Waals surface area contributed by atoms with E-state index in [0.29, 0.717) is 11.3 Å². The standard InChI is InChI=1S/C23H19F4N5O4/c1-12(23(25,26)27)36-18-5-4-13(7-28)20(34-2)19(18)22(33)31-10-14-8-30-32(17(14)11-31)15-6-16(24)21(35-3)29-9-15/h4-6,8-9,12H,10-11H2,1-3H3/t12-/m0/s1. The molecule has 1 aromatic carbocycles. The van der Waals surface area contributed by atoms with Gasteiger partial charge in [-0.2, -0.15) is 23.5 Å². The summed E-state index contributed by atoms with van der Waals surface area (Å²) in [7, 11) is 2.48. The van der Waals surface area contributed by atoms with Crippen LogP contribution in [0.15, 0.2) is 30.6 Å². The Morgan fingerprint density at radius 2 is 1.94 bits per heavy atom. The predicted octanol–water partition coefficient (Wildman–Crippen LogP) is 3.78. The van der Waals surface area contributed by atoms with Crippen LogP contribution in [0.2, 0.25) is 0 Å². The lowest BCUT2D eigenvalue weighted by molar-refractivity contribution is -0.189. The predicted molar refractivity (Wildman–Crippen MR) is 115 cm³/mol. The van der Waals surface area contributed by atoms with E-state index in [4.69, 9.17) is 14.2 Å². The van der Waals surface area contributed by atoms with Gasteiger partial charge in [0.2, 0.25) is 5.88 Å². The first-order chi connectivity index (χ1) is 17.1. The molecule has 0 aliphatic carbocycles. The molecule has 1 amide bonds. The number of carbonyl (C=O) groups is 1. The van der Waals surface area contributed by atoms with Gasteiger partial charge in [0.1, 0.15) is 17.4 Å². The molecule has 0 radical (unpaired) electrons. The number of carbonyl (C=O) groups excluding carboxylic acids is 1. The Morgan fingerprint density at radius 1 is 1.19 bits per heavy atom. The van der Waals surface area contributed by atoms with E-state index < -0.39 is 24.0 Å². The van der Waals surface area contributed by atoms with Crippen molar-refractivity contribution in [2.45, 2.75) is 32.3 Å². The van der Waals surface area contributed by atoms with Crippen LogP contribution in [0.3, 0.4) is 0 Å². The molecule has 0 spiro atoms. The lowest BCUT2D eigenvalue weighted by Gasteiger charge is -2.23. The molecule has 2 aromatic heterocycles. The van der Waals surface area contributed by atoms with Crippen molar-refractivity contribution >= 4 is 5.91 Å². The highest BCUT2D eigenvalue weighted by atomic mass is 19.4. The molecule has 188 valence electrons. The van der Waals surface area contributed by atoms with Crippen molar-refractivity contribution < 1.29 is 36.6 Å². The third-order valence-corrected chi connectivity index (χ3v) is 5.60. The topological polar surface area (TPSA) is 103 Å². The minimum absolute atomic E-state index is 0.00395. The Labute approximate surface area is 202 Å². The summed E-state index contributed by atoms with van der Waals surface area (Å²) in [6.45, 7) is 0.867. The monoisotopic (exact) mass is 505 g/mol. The number of pyridine rings is 1. The summed E-state index contributed by atoms with van der Waals surface area (Å²) in [6, 6.07) is 5.38. The van der Waals surface area contributed by atoms with Gasteiger partial charge in [-0.1, -0.05) is 0 Å². The second-order valence-corrected chi connectivity index (χ2v) is 7.81. The van der Waals surface area contributed by atoms with E-state index in [1.54, 1.807) is 0 Å². The van der Waals surface area contributed by atoms with Crippen molar-refractivity contribution in [1.29, 1.82) is 5.26 Å². The van der Waals surface area contributed by atoms with E-state index in [1.165, 1.54) is 48.3 Å². The number of ether oxygens (including phenoxy) is 3. The molecule has 0 N–H and O–H groups in total. The third-order valence-electron chi connectivity index (χ3n) is 5.60. The molecule has 0 saturated carbocycles. The van der Waals surface area contributed by atoms with Crippen LogP contribution in [0.1, 0.15) is 34.1 Å². The normalized spacial score (nSPS) is 13.7. The van der Waals surface area contributed by atoms with Crippen molar-refractivity contribution in [3.8, 4) is 29.1 Å². The van der Waals surface area contributed by atoms with Crippen molar-refractivity contribution in [3.05, 3.63) is 58.8 Å². The number of amides is 1. The molecule has 1 aliphatic heterocycles. The van der Waals surface area contributed by atoms with Crippen LogP contribution in [0.4, 0.5) is 17.6 Å². The first-order valence-corrected chi connectivity index (χ1v) is 10.5. The Balaban J connectivity index is 1.69. The van der Waals surface area contributed by atoms with E-state index >= 15 is 0 Å². The maximum absolute atomic E-state index is 14.2. The summed E-state index contributed by atoms with van der Waals surface area (Å²) >= 11 is 0. The van der Waals surface area contributed by atoms with E-state index in [2.05, 4.69) is 10.1 Å². The zero-order valence-corrected chi connectivity index (χ0v) is 19.3. The lowest BCUT2D eigenvalue weighted by atomic mass is 10.1. The number of fused-ring (bicyclic) bond motifs is 1. The highest BCUT2D eigenvalue weighted by Gasteiger charge is 2.40. The van der Waals surface area contributed by atoms with Gasteiger partial charge in [0.15, 0.2) is 17.7 Å². The average molecular weight is 505 g/mol. The van der Waals surface area contributed by atoms with Crippen molar-refractivity contribution in [3.63, 3.8) is 0 Å². The number of alkyl halides is 3. The minimum atomic E-state index is -4.68. The summed E-state index contributed by atoms with van der Waals surface area (Å²) in [5, 5.41) is 13.7. The van der Waals surface area contributed by atoms with Gasteiger partial charge >= 0.3 is 6.18 Å². The number of halogens is 4. The highest BCUT2D eigenvalue weighted by Crippen LogP contribution is 2.37. The fourth-order valence-electron chi connectivity index (χ4n) is 3.78. The van der Waals surface area contributed by atoms with E-state index in [0.717, 1.165) is 13.0 Å². The number of methoxy groups -OCH3 is 2. The summed E-state index contributed by atoms with van der Waals surface area (Å²) in [5.74, 6) is -2.18. The summed E-state index contributed by atoms with van der Waals surface area (Å²) < 4.78 is 70.2. The van der Waals surface area contributed by atoms with Gasteiger partial charge in [0, 0.05) is 18.2 Å². The van der Waals surface area contributed by atoms with Crippen molar-refractivity contribution in [2.75, 3.05) is 14.2 Å². The van der Waals surface area contributed by atoms with Crippen LogP contribution in [0, 0.1) is 17.1 Å². The number of nitriles is 1. The zero-order valence-electron chi connectivity index (χ0n) is 19.3. The van der Waals surface area contributed by atoms with Gasteiger partial charge in [-0.25, -0.2) is 14.1 Å². The maximum atomic E-state index is 14.2. The molecule has 0 fully saturated rings. The molecular weight excluding hydrogens is 486 g/mol. The molecule has 3 aromatic rings.